The summed E-state index contributed by atoms with van der Waals surface area (Å²) in [5.41, 5.74) is 2.46. The highest BCUT2D eigenvalue weighted by atomic mass is 19.4. The predicted molar refractivity (Wildman–Crippen MR) is 87.9 cm³/mol. The third-order valence-corrected chi connectivity index (χ3v) is 4.68. The van der Waals surface area contributed by atoms with Crippen LogP contribution in [0.1, 0.15) is 48.9 Å². The number of aromatic nitrogens is 3. The average Bonchev–Trinajstić information content (AvgIpc) is 3.13. The van der Waals surface area contributed by atoms with E-state index in [9.17, 15) is 13.2 Å². The van der Waals surface area contributed by atoms with Crippen molar-refractivity contribution in [3.8, 4) is 0 Å². The molecule has 2 aromatic rings. The first-order chi connectivity index (χ1) is 12.8. The molecule has 2 fully saturated rings. The third-order valence-electron chi connectivity index (χ3n) is 4.68. The molecule has 3 heterocycles. The van der Waals surface area contributed by atoms with Gasteiger partial charge in [-0.1, -0.05) is 5.21 Å². The monoisotopic (exact) mass is 386 g/mol. The summed E-state index contributed by atoms with van der Waals surface area (Å²) in [6.07, 6.45) is 5.58. The number of likely N-dealkylation sites (tertiary alicyclic amines) is 1. The van der Waals surface area contributed by atoms with Crippen molar-refractivity contribution in [2.24, 2.45) is 0 Å². The van der Waals surface area contributed by atoms with Crippen LogP contribution in [0.5, 0.6) is 0 Å². The Morgan fingerprint density at radius 3 is 2.44 bits per heavy atom. The van der Waals surface area contributed by atoms with Gasteiger partial charge in [-0.2, -0.15) is 13.2 Å². The van der Waals surface area contributed by atoms with E-state index in [1.165, 1.54) is 24.1 Å². The molecule has 1 saturated heterocycles. The third kappa shape index (κ3) is 5.56. The number of carbonyl (C=O) groups is 1. The van der Waals surface area contributed by atoms with Gasteiger partial charge in [-0.05, 0) is 31.7 Å². The van der Waals surface area contributed by atoms with Gasteiger partial charge in [-0.15, -0.1) is 5.10 Å². The van der Waals surface area contributed by atoms with Gasteiger partial charge in [-0.3, -0.25) is 4.90 Å². The zero-order chi connectivity index (χ0) is 19.4. The lowest BCUT2D eigenvalue weighted by Crippen LogP contribution is -2.34. The van der Waals surface area contributed by atoms with E-state index in [0.717, 1.165) is 32.5 Å². The molecule has 7 nitrogen and oxygen atoms in total. The van der Waals surface area contributed by atoms with Crippen LogP contribution < -0.4 is 0 Å². The van der Waals surface area contributed by atoms with Crippen LogP contribution in [0.25, 0.3) is 0 Å². The number of alkyl halides is 3. The summed E-state index contributed by atoms with van der Waals surface area (Å²) in [4.78, 5) is 11.4. The normalized spacial score (nSPS) is 18.8. The second kappa shape index (κ2) is 8.12. The smallest absolute Gasteiger partial charge is 0.475 e. The number of hydrogen-bond donors (Lipinski definition) is 1. The summed E-state index contributed by atoms with van der Waals surface area (Å²) in [6.45, 7) is 3.23. The Morgan fingerprint density at radius 2 is 1.93 bits per heavy atom. The zero-order valence-electron chi connectivity index (χ0n) is 14.6. The van der Waals surface area contributed by atoms with Gasteiger partial charge in [0.25, 0.3) is 0 Å². The van der Waals surface area contributed by atoms with Crippen molar-refractivity contribution >= 4 is 5.97 Å². The van der Waals surface area contributed by atoms with Crippen molar-refractivity contribution in [2.75, 3.05) is 13.1 Å². The molecule has 0 unspecified atom stereocenters. The van der Waals surface area contributed by atoms with Crippen LogP contribution in [-0.4, -0.2) is 50.2 Å². The van der Waals surface area contributed by atoms with E-state index in [-0.39, 0.29) is 0 Å². The molecule has 2 aliphatic rings. The minimum absolute atomic E-state index is 0.524. The molecule has 1 N–H and O–H groups in total. The first-order valence-electron chi connectivity index (χ1n) is 8.78. The van der Waals surface area contributed by atoms with Crippen molar-refractivity contribution < 1.29 is 27.5 Å². The number of rotatable bonds is 4. The topological polar surface area (TPSA) is 84.4 Å². The summed E-state index contributed by atoms with van der Waals surface area (Å²) >= 11 is 0. The van der Waals surface area contributed by atoms with E-state index in [1.807, 2.05) is 12.3 Å². The molecule has 2 aromatic heterocycles. The van der Waals surface area contributed by atoms with Crippen LogP contribution in [0.15, 0.2) is 29.2 Å². The highest BCUT2D eigenvalue weighted by Gasteiger charge is 2.38. The van der Waals surface area contributed by atoms with E-state index in [4.69, 9.17) is 14.3 Å². The van der Waals surface area contributed by atoms with Crippen molar-refractivity contribution in [1.29, 1.82) is 0 Å². The van der Waals surface area contributed by atoms with Crippen molar-refractivity contribution in [1.82, 2.24) is 19.9 Å². The number of nitrogens with zero attached hydrogens (tertiary/aromatic N) is 4. The van der Waals surface area contributed by atoms with Gasteiger partial charge in [0.15, 0.2) is 0 Å². The molecule has 0 spiro atoms. The van der Waals surface area contributed by atoms with Crippen molar-refractivity contribution in [3.05, 3.63) is 36.0 Å². The van der Waals surface area contributed by atoms with E-state index in [0.29, 0.717) is 12.0 Å². The lowest BCUT2D eigenvalue weighted by molar-refractivity contribution is -0.192. The van der Waals surface area contributed by atoms with Gasteiger partial charge in [0.1, 0.15) is 0 Å². The van der Waals surface area contributed by atoms with Crippen LogP contribution in [0.2, 0.25) is 0 Å². The van der Waals surface area contributed by atoms with Crippen LogP contribution in [0.3, 0.4) is 0 Å². The number of carboxylic acids is 1. The van der Waals surface area contributed by atoms with Gasteiger partial charge in [0.05, 0.1) is 24.3 Å². The maximum absolute atomic E-state index is 10.6. The molecular weight excluding hydrogens is 365 g/mol. The number of halogens is 3. The average molecular weight is 386 g/mol. The molecule has 4 rings (SSSR count). The first kappa shape index (κ1) is 19.4. The second-order valence-electron chi connectivity index (χ2n) is 6.84. The Morgan fingerprint density at radius 1 is 1.26 bits per heavy atom. The standard InChI is InChI=1S/C15H20N4O.C2HF3O2/c1-2-13(1)15-10-19(17-16-15)14-3-6-18(7-4-14)9-12-5-8-20-11-12;3-2(4,5)1(6)7/h5,8,10-11,13-14H,1-4,6-7,9H2;(H,6,7). The SMILES string of the molecule is O=C(O)C(F)(F)F.c1cc(CN2CCC(n3cc(C4CC4)nn3)CC2)co1. The minimum atomic E-state index is -5.08. The molecule has 0 bridgehead atoms. The second-order valence-corrected chi connectivity index (χ2v) is 6.84. The maximum Gasteiger partial charge on any atom is 0.490 e. The van der Waals surface area contributed by atoms with Crippen LogP contribution in [0.4, 0.5) is 13.2 Å². The summed E-state index contributed by atoms with van der Waals surface area (Å²) in [7, 11) is 0. The van der Waals surface area contributed by atoms with E-state index in [1.54, 1.807) is 6.26 Å². The maximum atomic E-state index is 10.6. The number of aliphatic carboxylic acids is 1. The molecule has 0 atom stereocenters. The predicted octanol–water partition coefficient (Wildman–Crippen LogP) is 3.22. The van der Waals surface area contributed by atoms with Gasteiger partial charge in [-0.25, -0.2) is 9.48 Å². The lowest BCUT2D eigenvalue weighted by Gasteiger charge is -2.31. The lowest BCUT2D eigenvalue weighted by atomic mass is 10.0. The van der Waals surface area contributed by atoms with Crippen LogP contribution in [0, 0.1) is 0 Å². The molecular formula is C17H21F3N4O3. The van der Waals surface area contributed by atoms with Crippen molar-refractivity contribution in [2.45, 2.75) is 50.4 Å². The molecule has 0 aromatic carbocycles. The molecule has 0 radical (unpaired) electrons. The number of carboxylic acid groups (broad SMARTS) is 1. The van der Waals surface area contributed by atoms with Gasteiger partial charge in [0.2, 0.25) is 0 Å². The molecule has 10 heteroatoms. The molecule has 1 aliphatic carbocycles. The Labute approximate surface area is 153 Å². The largest absolute Gasteiger partial charge is 0.490 e. The van der Waals surface area contributed by atoms with Crippen LogP contribution >= 0.6 is 0 Å². The molecule has 1 aliphatic heterocycles. The van der Waals surface area contributed by atoms with Gasteiger partial charge in [0, 0.05) is 37.3 Å². The summed E-state index contributed by atoms with van der Waals surface area (Å²) < 4.78 is 39.0. The highest BCUT2D eigenvalue weighted by molar-refractivity contribution is 5.73. The summed E-state index contributed by atoms with van der Waals surface area (Å²) in [5, 5.41) is 15.8. The van der Waals surface area contributed by atoms with E-state index >= 15 is 0 Å². The molecule has 148 valence electrons. The summed E-state index contributed by atoms with van der Waals surface area (Å²) in [5.74, 6) is -2.06. The summed E-state index contributed by atoms with van der Waals surface area (Å²) in [6, 6.07) is 2.57. The quantitative estimate of drug-likeness (QED) is 0.869. The number of piperidine rings is 1. The Kier molecular flexibility index (Phi) is 5.83. The van der Waals surface area contributed by atoms with Crippen LogP contribution in [-0.2, 0) is 11.3 Å². The molecule has 1 saturated carbocycles. The zero-order valence-corrected chi connectivity index (χ0v) is 14.6. The Balaban J connectivity index is 0.000000260. The van der Waals surface area contributed by atoms with Gasteiger partial charge < -0.3 is 9.52 Å². The number of furan rings is 1. The Bertz CT molecular complexity index is 733. The van der Waals surface area contributed by atoms with Crippen molar-refractivity contribution in [3.63, 3.8) is 0 Å². The minimum Gasteiger partial charge on any atom is -0.475 e. The molecule has 0 amide bonds. The fraction of sp³-hybridized carbons (Fsp3) is 0.588. The van der Waals surface area contributed by atoms with Gasteiger partial charge >= 0.3 is 12.1 Å². The highest BCUT2D eigenvalue weighted by Crippen LogP contribution is 2.39. The first-order valence-corrected chi connectivity index (χ1v) is 8.78. The fourth-order valence-electron chi connectivity index (χ4n) is 3.02. The Hall–Kier alpha value is -2.36. The fourth-order valence-corrected chi connectivity index (χ4v) is 3.02. The number of hydrogen-bond acceptors (Lipinski definition) is 5. The molecule has 27 heavy (non-hydrogen) atoms. The van der Waals surface area contributed by atoms with E-state index < -0.39 is 12.1 Å². The van der Waals surface area contributed by atoms with E-state index in [2.05, 4.69) is 26.1 Å².